The average Bonchev–Trinajstić information content (AvgIpc) is 2.91. The summed E-state index contributed by atoms with van der Waals surface area (Å²) in [6.07, 6.45) is 3.70. The maximum absolute atomic E-state index is 5.75. The fourth-order valence-electron chi connectivity index (χ4n) is 3.03. The SMILES string of the molecule is COc1ccc2c(c1)C(NCC1(C)CCCS1)CCO2. The number of hydrogen-bond acceptors (Lipinski definition) is 4. The lowest BCUT2D eigenvalue weighted by Crippen LogP contribution is -2.37. The van der Waals surface area contributed by atoms with Gasteiger partial charge in [0.2, 0.25) is 0 Å². The van der Waals surface area contributed by atoms with Gasteiger partial charge in [0.1, 0.15) is 11.5 Å². The van der Waals surface area contributed by atoms with E-state index in [1.165, 1.54) is 24.2 Å². The lowest BCUT2D eigenvalue weighted by Gasteiger charge is -2.31. The second-order valence-electron chi connectivity index (χ2n) is 5.88. The molecule has 20 heavy (non-hydrogen) atoms. The van der Waals surface area contributed by atoms with Crippen molar-refractivity contribution in [3.8, 4) is 11.5 Å². The normalized spacial score (nSPS) is 28.8. The molecule has 1 aromatic carbocycles. The summed E-state index contributed by atoms with van der Waals surface area (Å²) in [6.45, 7) is 4.24. The smallest absolute Gasteiger partial charge is 0.124 e. The van der Waals surface area contributed by atoms with Crippen molar-refractivity contribution in [1.29, 1.82) is 0 Å². The van der Waals surface area contributed by atoms with Crippen LogP contribution in [0.2, 0.25) is 0 Å². The molecule has 110 valence electrons. The van der Waals surface area contributed by atoms with Crippen LogP contribution in [0.1, 0.15) is 37.8 Å². The average molecular weight is 293 g/mol. The van der Waals surface area contributed by atoms with Crippen molar-refractivity contribution in [2.75, 3.05) is 26.0 Å². The Kier molecular flexibility index (Phi) is 4.13. The molecule has 3 nitrogen and oxygen atoms in total. The quantitative estimate of drug-likeness (QED) is 0.922. The van der Waals surface area contributed by atoms with Crippen LogP contribution in [0.25, 0.3) is 0 Å². The van der Waals surface area contributed by atoms with Crippen LogP contribution < -0.4 is 14.8 Å². The van der Waals surface area contributed by atoms with Gasteiger partial charge < -0.3 is 14.8 Å². The topological polar surface area (TPSA) is 30.5 Å². The molecule has 2 unspecified atom stereocenters. The van der Waals surface area contributed by atoms with Crippen LogP contribution in [0.3, 0.4) is 0 Å². The lowest BCUT2D eigenvalue weighted by molar-refractivity contribution is 0.249. The Hall–Kier alpha value is -0.870. The monoisotopic (exact) mass is 293 g/mol. The second-order valence-corrected chi connectivity index (χ2v) is 7.56. The summed E-state index contributed by atoms with van der Waals surface area (Å²) in [5.74, 6) is 3.21. The zero-order valence-corrected chi connectivity index (χ0v) is 13.1. The molecular formula is C16H23NO2S. The first-order chi connectivity index (χ1) is 9.70. The van der Waals surface area contributed by atoms with Gasteiger partial charge in [-0.25, -0.2) is 0 Å². The summed E-state index contributed by atoms with van der Waals surface area (Å²) in [7, 11) is 1.71. The van der Waals surface area contributed by atoms with Crippen LogP contribution in [0.5, 0.6) is 11.5 Å². The molecule has 0 aliphatic carbocycles. The van der Waals surface area contributed by atoms with Crippen molar-refractivity contribution < 1.29 is 9.47 Å². The molecule has 1 N–H and O–H groups in total. The Morgan fingerprint density at radius 3 is 3.15 bits per heavy atom. The predicted molar refractivity (Wildman–Crippen MR) is 83.9 cm³/mol. The Labute approximate surface area is 125 Å². The molecule has 0 saturated carbocycles. The molecule has 0 spiro atoms. The van der Waals surface area contributed by atoms with Crippen LogP contribution in [0.15, 0.2) is 18.2 Å². The van der Waals surface area contributed by atoms with Gasteiger partial charge in [0, 0.05) is 29.3 Å². The molecule has 0 amide bonds. The third-order valence-corrected chi connectivity index (χ3v) is 5.82. The molecule has 2 atom stereocenters. The van der Waals surface area contributed by atoms with Crippen molar-refractivity contribution in [2.24, 2.45) is 0 Å². The van der Waals surface area contributed by atoms with Crippen molar-refractivity contribution in [1.82, 2.24) is 5.32 Å². The summed E-state index contributed by atoms with van der Waals surface area (Å²) < 4.78 is 11.5. The third-order valence-electron chi connectivity index (χ3n) is 4.28. The molecule has 2 aliphatic rings. The Morgan fingerprint density at radius 1 is 1.50 bits per heavy atom. The minimum atomic E-state index is 0.381. The Bertz CT molecular complexity index is 472. The van der Waals surface area contributed by atoms with E-state index in [-0.39, 0.29) is 0 Å². The predicted octanol–water partition coefficient (Wildman–Crippen LogP) is 3.39. The first-order valence-corrected chi connectivity index (χ1v) is 8.37. The van der Waals surface area contributed by atoms with Crippen LogP contribution >= 0.6 is 11.8 Å². The molecule has 0 aromatic heterocycles. The van der Waals surface area contributed by atoms with Gasteiger partial charge in [0.05, 0.1) is 13.7 Å². The number of ether oxygens (including phenoxy) is 2. The maximum atomic E-state index is 5.75. The number of thioether (sulfide) groups is 1. The number of benzene rings is 1. The van der Waals surface area contributed by atoms with Crippen molar-refractivity contribution in [3.05, 3.63) is 23.8 Å². The van der Waals surface area contributed by atoms with Gasteiger partial charge >= 0.3 is 0 Å². The van der Waals surface area contributed by atoms with E-state index in [1.807, 2.05) is 12.1 Å². The van der Waals surface area contributed by atoms with E-state index >= 15 is 0 Å². The third kappa shape index (κ3) is 2.91. The fourth-order valence-corrected chi connectivity index (χ4v) is 4.28. The highest BCUT2D eigenvalue weighted by molar-refractivity contribution is 8.00. The number of hydrogen-bond donors (Lipinski definition) is 1. The van der Waals surface area contributed by atoms with E-state index in [9.17, 15) is 0 Å². The van der Waals surface area contributed by atoms with E-state index in [2.05, 4.69) is 30.1 Å². The molecule has 0 bridgehead atoms. The molecule has 0 radical (unpaired) electrons. The van der Waals surface area contributed by atoms with Gasteiger partial charge in [0.25, 0.3) is 0 Å². The van der Waals surface area contributed by atoms with Gasteiger partial charge in [0.15, 0.2) is 0 Å². The highest BCUT2D eigenvalue weighted by Gasteiger charge is 2.31. The minimum Gasteiger partial charge on any atom is -0.497 e. The van der Waals surface area contributed by atoms with Crippen molar-refractivity contribution >= 4 is 11.8 Å². The van der Waals surface area contributed by atoms with Crippen LogP contribution in [0.4, 0.5) is 0 Å². The zero-order chi connectivity index (χ0) is 14.0. The van der Waals surface area contributed by atoms with Crippen LogP contribution in [-0.2, 0) is 0 Å². The molecule has 1 aromatic rings. The maximum Gasteiger partial charge on any atom is 0.124 e. The molecule has 2 heterocycles. The van der Waals surface area contributed by atoms with Crippen LogP contribution in [-0.4, -0.2) is 30.8 Å². The fraction of sp³-hybridized carbons (Fsp3) is 0.625. The molecular weight excluding hydrogens is 270 g/mol. The highest BCUT2D eigenvalue weighted by Crippen LogP contribution is 2.39. The minimum absolute atomic E-state index is 0.381. The van der Waals surface area contributed by atoms with Gasteiger partial charge in [-0.3, -0.25) is 0 Å². The molecule has 3 rings (SSSR count). The first kappa shape index (κ1) is 14.1. The van der Waals surface area contributed by atoms with E-state index in [0.29, 0.717) is 10.8 Å². The largest absolute Gasteiger partial charge is 0.497 e. The summed E-state index contributed by atoms with van der Waals surface area (Å²) in [5, 5.41) is 3.76. The van der Waals surface area contributed by atoms with Gasteiger partial charge in [-0.15, -0.1) is 0 Å². The molecule has 2 aliphatic heterocycles. The van der Waals surface area contributed by atoms with Gasteiger partial charge in [-0.1, -0.05) is 0 Å². The van der Waals surface area contributed by atoms with Gasteiger partial charge in [-0.05, 0) is 43.7 Å². The number of rotatable bonds is 4. The summed E-state index contributed by atoms with van der Waals surface area (Å²) in [4.78, 5) is 0. The number of methoxy groups -OCH3 is 1. The van der Waals surface area contributed by atoms with E-state index in [4.69, 9.17) is 9.47 Å². The van der Waals surface area contributed by atoms with E-state index < -0.39 is 0 Å². The van der Waals surface area contributed by atoms with E-state index in [0.717, 1.165) is 31.1 Å². The number of fused-ring (bicyclic) bond motifs is 1. The van der Waals surface area contributed by atoms with Crippen molar-refractivity contribution in [2.45, 2.75) is 37.0 Å². The zero-order valence-electron chi connectivity index (χ0n) is 12.3. The highest BCUT2D eigenvalue weighted by atomic mass is 32.2. The van der Waals surface area contributed by atoms with Crippen molar-refractivity contribution in [3.63, 3.8) is 0 Å². The summed E-state index contributed by atoms with van der Waals surface area (Å²) in [5.41, 5.74) is 1.24. The number of nitrogens with one attached hydrogen (secondary N) is 1. The van der Waals surface area contributed by atoms with Crippen LogP contribution in [0, 0.1) is 0 Å². The molecule has 4 heteroatoms. The molecule has 1 saturated heterocycles. The van der Waals surface area contributed by atoms with Gasteiger partial charge in [-0.2, -0.15) is 11.8 Å². The lowest BCUT2D eigenvalue weighted by atomic mass is 9.98. The second kappa shape index (κ2) is 5.86. The molecule has 1 fully saturated rings. The Balaban J connectivity index is 1.72. The van der Waals surface area contributed by atoms with E-state index in [1.54, 1.807) is 7.11 Å². The summed E-state index contributed by atoms with van der Waals surface area (Å²) >= 11 is 2.10. The standard InChI is InChI=1S/C16H23NO2S/c1-16(7-3-9-20-16)11-17-14-6-8-19-15-5-4-12(18-2)10-13(14)15/h4-5,10,14,17H,3,6-9,11H2,1-2H3. The first-order valence-electron chi connectivity index (χ1n) is 7.38. The summed E-state index contributed by atoms with van der Waals surface area (Å²) in [6, 6.07) is 6.48. The Morgan fingerprint density at radius 2 is 2.40 bits per heavy atom.